The van der Waals surface area contributed by atoms with E-state index in [-0.39, 0.29) is 5.91 Å². The third-order valence-electron chi connectivity index (χ3n) is 3.72. The maximum absolute atomic E-state index is 12.2. The molecule has 0 aliphatic carbocycles. The minimum atomic E-state index is -0.136. The van der Waals surface area contributed by atoms with Gasteiger partial charge >= 0.3 is 0 Å². The van der Waals surface area contributed by atoms with Gasteiger partial charge < -0.3 is 11.1 Å². The summed E-state index contributed by atoms with van der Waals surface area (Å²) in [5.74, 6) is 0.560. The summed E-state index contributed by atoms with van der Waals surface area (Å²) in [6, 6.07) is 11.8. The number of pyridine rings is 1. The number of carbonyl (C=O) groups is 1. The fourth-order valence-electron chi connectivity index (χ4n) is 2.44. The topological polar surface area (TPSA) is 85.8 Å². The predicted octanol–water partition coefficient (Wildman–Crippen LogP) is 1.81. The molecule has 3 aromatic rings. The molecule has 0 bridgehead atoms. The number of rotatable bonds is 5. The Hall–Kier alpha value is -2.73. The molecular weight excluding hydrogens is 290 g/mol. The number of fused-ring (bicyclic) bond motifs is 1. The van der Waals surface area contributed by atoms with E-state index < -0.39 is 0 Å². The Kier molecular flexibility index (Phi) is 4.34. The van der Waals surface area contributed by atoms with Crippen molar-refractivity contribution < 1.29 is 4.79 Å². The predicted molar refractivity (Wildman–Crippen MR) is 89.6 cm³/mol. The number of carbonyl (C=O) groups excluding carboxylic acids is 1. The molecule has 0 atom stereocenters. The molecule has 0 spiro atoms. The zero-order valence-corrected chi connectivity index (χ0v) is 13.0. The Labute approximate surface area is 134 Å². The van der Waals surface area contributed by atoms with Crippen LogP contribution in [0.4, 0.5) is 0 Å². The lowest BCUT2D eigenvalue weighted by Gasteiger charge is -2.06. The number of nitrogens with zero attached hydrogens (tertiary/aromatic N) is 3. The van der Waals surface area contributed by atoms with Crippen molar-refractivity contribution in [3.63, 3.8) is 0 Å². The molecule has 6 heteroatoms. The Morgan fingerprint density at radius 3 is 2.91 bits per heavy atom. The summed E-state index contributed by atoms with van der Waals surface area (Å²) < 4.78 is 1.68. The van der Waals surface area contributed by atoms with Crippen LogP contribution in [0, 0.1) is 6.92 Å². The Balaban J connectivity index is 1.89. The fraction of sp³-hybridized carbons (Fsp3) is 0.235. The standard InChI is InChI=1S/C17H19N5O/c1-12-14(17(23)19-10-4-9-18)11-20-22(12)16-8-7-13-5-2-3-6-15(13)21-16/h2-3,5-8,11H,4,9-10,18H2,1H3,(H,19,23). The van der Waals surface area contributed by atoms with Crippen LogP contribution in [0.1, 0.15) is 22.5 Å². The van der Waals surface area contributed by atoms with Gasteiger partial charge in [0.05, 0.1) is 23.0 Å². The van der Waals surface area contributed by atoms with Crippen LogP contribution < -0.4 is 11.1 Å². The van der Waals surface area contributed by atoms with Gasteiger partial charge in [-0.15, -0.1) is 0 Å². The van der Waals surface area contributed by atoms with Crippen LogP contribution in [0.5, 0.6) is 0 Å². The molecule has 2 heterocycles. The van der Waals surface area contributed by atoms with Crippen molar-refractivity contribution in [2.45, 2.75) is 13.3 Å². The number of nitrogens with two attached hydrogens (primary N) is 1. The highest BCUT2D eigenvalue weighted by Gasteiger charge is 2.15. The average molecular weight is 309 g/mol. The summed E-state index contributed by atoms with van der Waals surface area (Å²) in [5, 5.41) is 8.22. The molecule has 0 aliphatic heterocycles. The van der Waals surface area contributed by atoms with Crippen molar-refractivity contribution in [2.75, 3.05) is 13.1 Å². The molecular formula is C17H19N5O. The Morgan fingerprint density at radius 1 is 1.26 bits per heavy atom. The maximum atomic E-state index is 12.2. The van der Waals surface area contributed by atoms with E-state index in [9.17, 15) is 4.79 Å². The van der Waals surface area contributed by atoms with Crippen LogP contribution in [0.2, 0.25) is 0 Å². The number of para-hydroxylation sites is 1. The van der Waals surface area contributed by atoms with Crippen molar-refractivity contribution in [1.82, 2.24) is 20.1 Å². The summed E-state index contributed by atoms with van der Waals surface area (Å²) >= 11 is 0. The lowest BCUT2D eigenvalue weighted by atomic mass is 10.2. The van der Waals surface area contributed by atoms with Gasteiger partial charge in [-0.3, -0.25) is 4.79 Å². The molecule has 3 N–H and O–H groups in total. The highest BCUT2D eigenvalue weighted by Crippen LogP contribution is 2.17. The highest BCUT2D eigenvalue weighted by molar-refractivity contribution is 5.95. The van der Waals surface area contributed by atoms with Crippen LogP contribution >= 0.6 is 0 Å². The lowest BCUT2D eigenvalue weighted by Crippen LogP contribution is -2.26. The van der Waals surface area contributed by atoms with E-state index >= 15 is 0 Å². The van der Waals surface area contributed by atoms with Gasteiger partial charge in [0, 0.05) is 11.9 Å². The zero-order valence-electron chi connectivity index (χ0n) is 13.0. The summed E-state index contributed by atoms with van der Waals surface area (Å²) in [6.07, 6.45) is 2.33. The summed E-state index contributed by atoms with van der Waals surface area (Å²) in [6.45, 7) is 2.98. The van der Waals surface area contributed by atoms with Gasteiger partial charge in [0.15, 0.2) is 5.82 Å². The smallest absolute Gasteiger partial charge is 0.254 e. The Bertz CT molecular complexity index is 840. The molecule has 0 saturated carbocycles. The molecule has 1 amide bonds. The van der Waals surface area contributed by atoms with Crippen LogP contribution in [0.25, 0.3) is 16.7 Å². The third kappa shape index (κ3) is 3.07. The molecule has 0 radical (unpaired) electrons. The van der Waals surface area contributed by atoms with Gasteiger partial charge in [-0.2, -0.15) is 5.10 Å². The van der Waals surface area contributed by atoms with E-state index in [0.717, 1.165) is 23.0 Å². The van der Waals surface area contributed by atoms with E-state index in [4.69, 9.17) is 5.73 Å². The summed E-state index contributed by atoms with van der Waals surface area (Å²) in [5.41, 5.74) is 7.64. The van der Waals surface area contributed by atoms with Gasteiger partial charge in [0.25, 0.3) is 5.91 Å². The summed E-state index contributed by atoms with van der Waals surface area (Å²) in [4.78, 5) is 16.8. The minimum absolute atomic E-state index is 0.136. The van der Waals surface area contributed by atoms with Gasteiger partial charge in [-0.25, -0.2) is 9.67 Å². The van der Waals surface area contributed by atoms with Crippen LogP contribution in [-0.2, 0) is 0 Å². The molecule has 0 saturated heterocycles. The largest absolute Gasteiger partial charge is 0.352 e. The van der Waals surface area contributed by atoms with E-state index in [1.807, 2.05) is 43.3 Å². The molecule has 0 unspecified atom stereocenters. The van der Waals surface area contributed by atoms with Crippen molar-refractivity contribution >= 4 is 16.8 Å². The minimum Gasteiger partial charge on any atom is -0.352 e. The second-order valence-corrected chi connectivity index (χ2v) is 5.32. The monoisotopic (exact) mass is 309 g/mol. The number of hydrogen-bond donors (Lipinski definition) is 2. The van der Waals surface area contributed by atoms with Gasteiger partial charge in [0.1, 0.15) is 0 Å². The summed E-state index contributed by atoms with van der Waals surface area (Å²) in [7, 11) is 0. The van der Waals surface area contributed by atoms with Crippen LogP contribution in [0.15, 0.2) is 42.6 Å². The first-order chi connectivity index (χ1) is 11.2. The van der Waals surface area contributed by atoms with Crippen molar-refractivity contribution in [2.24, 2.45) is 5.73 Å². The van der Waals surface area contributed by atoms with E-state index in [2.05, 4.69) is 15.4 Å². The SMILES string of the molecule is Cc1c(C(=O)NCCCN)cnn1-c1ccc2ccccc2n1. The first kappa shape index (κ1) is 15.2. The average Bonchev–Trinajstić information content (AvgIpc) is 2.96. The molecule has 0 aliphatic rings. The van der Waals surface area contributed by atoms with Crippen LogP contribution in [-0.4, -0.2) is 33.8 Å². The van der Waals surface area contributed by atoms with E-state index in [1.165, 1.54) is 0 Å². The normalized spacial score (nSPS) is 10.9. The first-order valence-corrected chi connectivity index (χ1v) is 7.60. The third-order valence-corrected chi connectivity index (χ3v) is 3.72. The fourth-order valence-corrected chi connectivity index (χ4v) is 2.44. The van der Waals surface area contributed by atoms with Crippen molar-refractivity contribution in [3.05, 3.63) is 53.9 Å². The maximum Gasteiger partial charge on any atom is 0.254 e. The number of amides is 1. The highest BCUT2D eigenvalue weighted by atomic mass is 16.1. The molecule has 23 heavy (non-hydrogen) atoms. The number of hydrogen-bond acceptors (Lipinski definition) is 4. The van der Waals surface area contributed by atoms with Crippen molar-refractivity contribution in [1.29, 1.82) is 0 Å². The second kappa shape index (κ2) is 6.58. The van der Waals surface area contributed by atoms with Gasteiger partial charge in [0.2, 0.25) is 0 Å². The lowest BCUT2D eigenvalue weighted by molar-refractivity contribution is 0.0953. The number of benzene rings is 1. The van der Waals surface area contributed by atoms with E-state index in [0.29, 0.717) is 24.5 Å². The molecule has 1 aromatic carbocycles. The van der Waals surface area contributed by atoms with E-state index in [1.54, 1.807) is 10.9 Å². The van der Waals surface area contributed by atoms with Crippen molar-refractivity contribution in [3.8, 4) is 5.82 Å². The molecule has 2 aromatic heterocycles. The quantitative estimate of drug-likeness (QED) is 0.704. The second-order valence-electron chi connectivity index (χ2n) is 5.32. The molecule has 118 valence electrons. The zero-order chi connectivity index (χ0) is 16.2. The van der Waals surface area contributed by atoms with Gasteiger partial charge in [-0.05, 0) is 38.1 Å². The Morgan fingerprint density at radius 2 is 2.09 bits per heavy atom. The molecule has 3 rings (SSSR count). The molecule has 0 fully saturated rings. The number of aromatic nitrogens is 3. The molecule has 6 nitrogen and oxygen atoms in total. The van der Waals surface area contributed by atoms with Gasteiger partial charge in [-0.1, -0.05) is 18.2 Å². The number of nitrogens with one attached hydrogen (secondary N) is 1. The first-order valence-electron chi connectivity index (χ1n) is 7.60. The van der Waals surface area contributed by atoms with Crippen LogP contribution in [0.3, 0.4) is 0 Å².